The number of aliphatic imine (C=N–C) groups is 1. The van der Waals surface area contributed by atoms with Crippen LogP contribution < -0.4 is 20.7 Å². The smallest absolute Gasteiger partial charge is 0.287 e. The molecule has 1 amide bonds. The van der Waals surface area contributed by atoms with Crippen LogP contribution in [0, 0.1) is 0 Å². The van der Waals surface area contributed by atoms with Crippen LogP contribution in [0.25, 0.3) is 0 Å². The lowest BCUT2D eigenvalue weighted by Crippen LogP contribution is -2.49. The van der Waals surface area contributed by atoms with Crippen molar-refractivity contribution in [3.8, 4) is 5.75 Å². The molecule has 1 aliphatic rings. The third-order valence-corrected chi connectivity index (χ3v) is 4.10. The predicted molar refractivity (Wildman–Crippen MR) is 99.8 cm³/mol. The molecular weight excluding hydrogens is 334 g/mol. The molecule has 0 spiro atoms. The first-order chi connectivity index (χ1) is 12.5. The van der Waals surface area contributed by atoms with E-state index in [9.17, 15) is 4.79 Å². The first-order valence-electron chi connectivity index (χ1n) is 8.29. The Morgan fingerprint density at radius 2 is 2.08 bits per heavy atom. The molecule has 8 heteroatoms. The normalized spacial score (nSPS) is 16.3. The molecule has 0 radical (unpaired) electrons. The lowest BCUT2D eigenvalue weighted by Gasteiger charge is -2.33. The number of likely N-dealkylation sites (N-methyl/N-ethyl adjacent to an activating group) is 1. The topological polar surface area (TPSA) is 96.3 Å². The highest BCUT2D eigenvalue weighted by Gasteiger charge is 2.34. The number of rotatable bonds is 6. The number of carbonyl (C=O) groups is 1. The molecule has 0 aliphatic carbocycles. The number of nitrogens with zero attached hydrogens (tertiary/aromatic N) is 3. The second kappa shape index (κ2) is 7.59. The van der Waals surface area contributed by atoms with Gasteiger partial charge in [0.2, 0.25) is 11.7 Å². The van der Waals surface area contributed by atoms with E-state index in [4.69, 9.17) is 14.9 Å². The summed E-state index contributed by atoms with van der Waals surface area (Å²) in [4.78, 5) is 20.8. The number of anilines is 1. The number of methoxy groups -OCH3 is 1. The van der Waals surface area contributed by atoms with E-state index in [1.807, 2.05) is 43.3 Å². The minimum atomic E-state index is -0.579. The van der Waals surface area contributed by atoms with Gasteiger partial charge in [-0.05, 0) is 44.4 Å². The van der Waals surface area contributed by atoms with Crippen LogP contribution >= 0.6 is 0 Å². The standard InChI is InChI=1S/C18H23N5O3/c1-22(2)10-9-20-17(24)16-21-18-14(8-11-26-18)15(19)23(16)12-4-6-13(25-3)7-5-12/h4-8,11,15H,9-10,19H2,1-3H3,(H,20,24). The average Bonchev–Trinajstić information content (AvgIpc) is 3.10. The molecule has 1 aliphatic heterocycles. The fraction of sp³-hybridized carbons (Fsp3) is 0.333. The summed E-state index contributed by atoms with van der Waals surface area (Å²) in [6, 6.07) is 9.07. The van der Waals surface area contributed by atoms with Crippen LogP contribution in [0.15, 0.2) is 46.0 Å². The third-order valence-electron chi connectivity index (χ3n) is 4.10. The number of amides is 1. The van der Waals surface area contributed by atoms with Gasteiger partial charge in [-0.15, -0.1) is 0 Å². The number of fused-ring (bicyclic) bond motifs is 1. The number of amidine groups is 1. The minimum Gasteiger partial charge on any atom is -0.497 e. The van der Waals surface area contributed by atoms with Gasteiger partial charge in [0.05, 0.1) is 18.9 Å². The van der Waals surface area contributed by atoms with Crippen LogP contribution in [-0.4, -0.2) is 50.9 Å². The van der Waals surface area contributed by atoms with Crippen LogP contribution in [0.1, 0.15) is 11.7 Å². The maximum Gasteiger partial charge on any atom is 0.287 e. The summed E-state index contributed by atoms with van der Waals surface area (Å²) in [5.41, 5.74) is 7.88. The highest BCUT2D eigenvalue weighted by Crippen LogP contribution is 2.36. The summed E-state index contributed by atoms with van der Waals surface area (Å²) < 4.78 is 10.6. The fourth-order valence-corrected chi connectivity index (χ4v) is 2.71. The van der Waals surface area contributed by atoms with E-state index in [-0.39, 0.29) is 11.7 Å². The Balaban J connectivity index is 1.92. The van der Waals surface area contributed by atoms with E-state index >= 15 is 0 Å². The van der Waals surface area contributed by atoms with Gasteiger partial charge in [-0.1, -0.05) is 0 Å². The predicted octanol–water partition coefficient (Wildman–Crippen LogP) is 1.47. The zero-order valence-electron chi connectivity index (χ0n) is 15.1. The summed E-state index contributed by atoms with van der Waals surface area (Å²) in [7, 11) is 5.49. The van der Waals surface area contributed by atoms with E-state index in [0.29, 0.717) is 12.4 Å². The zero-order valence-corrected chi connectivity index (χ0v) is 15.1. The van der Waals surface area contributed by atoms with Crippen LogP contribution in [0.3, 0.4) is 0 Å². The van der Waals surface area contributed by atoms with Gasteiger partial charge in [0.1, 0.15) is 11.9 Å². The highest BCUT2D eigenvalue weighted by molar-refractivity contribution is 6.44. The first-order valence-corrected chi connectivity index (χ1v) is 8.29. The maximum atomic E-state index is 12.7. The molecule has 1 atom stereocenters. The number of benzene rings is 1. The van der Waals surface area contributed by atoms with E-state index in [1.54, 1.807) is 18.1 Å². The second-order valence-electron chi connectivity index (χ2n) is 6.19. The van der Waals surface area contributed by atoms with Gasteiger partial charge in [-0.2, -0.15) is 4.99 Å². The largest absolute Gasteiger partial charge is 0.497 e. The molecule has 138 valence electrons. The molecular formula is C18H23N5O3. The summed E-state index contributed by atoms with van der Waals surface area (Å²) >= 11 is 0. The summed E-state index contributed by atoms with van der Waals surface area (Å²) in [5, 5.41) is 2.87. The summed E-state index contributed by atoms with van der Waals surface area (Å²) in [6.45, 7) is 1.22. The van der Waals surface area contributed by atoms with Gasteiger partial charge in [0.25, 0.3) is 5.91 Å². The molecule has 8 nitrogen and oxygen atoms in total. The van der Waals surface area contributed by atoms with Crippen LogP contribution in [-0.2, 0) is 4.79 Å². The quantitative estimate of drug-likeness (QED) is 0.813. The molecule has 1 aromatic heterocycles. The number of hydrogen-bond donors (Lipinski definition) is 2. The number of hydrogen-bond acceptors (Lipinski definition) is 7. The van der Waals surface area contributed by atoms with E-state index in [2.05, 4.69) is 10.3 Å². The molecule has 0 fully saturated rings. The first kappa shape index (κ1) is 18.0. The lowest BCUT2D eigenvalue weighted by molar-refractivity contribution is -0.115. The molecule has 26 heavy (non-hydrogen) atoms. The Morgan fingerprint density at radius 1 is 1.35 bits per heavy atom. The van der Waals surface area contributed by atoms with Crippen molar-refractivity contribution in [3.63, 3.8) is 0 Å². The second-order valence-corrected chi connectivity index (χ2v) is 6.19. The van der Waals surface area contributed by atoms with Crippen molar-refractivity contribution in [1.29, 1.82) is 0 Å². The van der Waals surface area contributed by atoms with Crippen molar-refractivity contribution in [1.82, 2.24) is 10.2 Å². The van der Waals surface area contributed by atoms with E-state index in [1.165, 1.54) is 6.26 Å². The van der Waals surface area contributed by atoms with Crippen molar-refractivity contribution >= 4 is 23.3 Å². The van der Waals surface area contributed by atoms with Crippen molar-refractivity contribution < 1.29 is 13.9 Å². The van der Waals surface area contributed by atoms with Crippen molar-refractivity contribution in [2.75, 3.05) is 39.2 Å². The Hall–Kier alpha value is -2.84. The number of ether oxygens (including phenoxy) is 1. The van der Waals surface area contributed by atoms with Gasteiger partial charge < -0.3 is 30.0 Å². The Kier molecular flexibility index (Phi) is 5.24. The number of carbonyl (C=O) groups excluding carboxylic acids is 1. The van der Waals surface area contributed by atoms with Gasteiger partial charge in [-0.25, -0.2) is 0 Å². The van der Waals surface area contributed by atoms with Gasteiger partial charge >= 0.3 is 0 Å². The number of furan rings is 1. The van der Waals surface area contributed by atoms with Crippen LogP contribution in [0.2, 0.25) is 0 Å². The van der Waals surface area contributed by atoms with E-state index < -0.39 is 6.17 Å². The number of nitrogens with two attached hydrogens (primary N) is 1. The van der Waals surface area contributed by atoms with Crippen molar-refractivity contribution in [2.24, 2.45) is 10.7 Å². The van der Waals surface area contributed by atoms with Crippen molar-refractivity contribution in [3.05, 3.63) is 42.2 Å². The van der Waals surface area contributed by atoms with Gasteiger partial charge in [0, 0.05) is 18.8 Å². The summed E-state index contributed by atoms with van der Waals surface area (Å²) in [6.07, 6.45) is 0.942. The lowest BCUT2D eigenvalue weighted by atomic mass is 10.1. The Morgan fingerprint density at radius 3 is 2.73 bits per heavy atom. The maximum absolute atomic E-state index is 12.7. The van der Waals surface area contributed by atoms with Gasteiger partial charge in [0.15, 0.2) is 0 Å². The molecule has 2 aromatic rings. The average molecular weight is 357 g/mol. The van der Waals surface area contributed by atoms with E-state index in [0.717, 1.165) is 23.5 Å². The SMILES string of the molecule is COc1ccc(N2C(C(=O)NCCN(C)C)=Nc3occc3C2N)cc1. The number of nitrogens with one attached hydrogen (secondary N) is 1. The Labute approximate surface area is 152 Å². The van der Waals surface area contributed by atoms with Crippen LogP contribution in [0.4, 0.5) is 11.6 Å². The van der Waals surface area contributed by atoms with Crippen molar-refractivity contribution in [2.45, 2.75) is 6.17 Å². The Bertz CT molecular complexity index is 797. The van der Waals surface area contributed by atoms with Gasteiger partial charge in [-0.3, -0.25) is 4.79 Å². The molecule has 1 aromatic carbocycles. The molecule has 0 saturated heterocycles. The zero-order chi connectivity index (χ0) is 18.7. The van der Waals surface area contributed by atoms with Crippen LogP contribution in [0.5, 0.6) is 5.75 Å². The fourth-order valence-electron chi connectivity index (χ4n) is 2.71. The highest BCUT2D eigenvalue weighted by atomic mass is 16.5. The molecule has 0 bridgehead atoms. The molecule has 0 saturated carbocycles. The minimum absolute atomic E-state index is 0.198. The summed E-state index contributed by atoms with van der Waals surface area (Å²) in [5.74, 6) is 0.973. The molecule has 3 N–H and O–H groups in total. The molecule has 1 unspecified atom stereocenters. The molecule has 2 heterocycles. The molecule has 3 rings (SSSR count). The monoisotopic (exact) mass is 357 g/mol. The third kappa shape index (κ3) is 3.56.